The molecule has 0 spiro atoms. The molecule has 4 N–H and O–H groups in total. The summed E-state index contributed by atoms with van der Waals surface area (Å²) in [5.74, 6) is -0.825. The first kappa shape index (κ1) is 18.7. The average Bonchev–Trinajstić information content (AvgIpc) is 3.22. The number of rotatable bonds is 6. The lowest BCUT2D eigenvalue weighted by atomic mass is 10.2. The summed E-state index contributed by atoms with van der Waals surface area (Å²) in [5.41, 5.74) is 9.10. The number of thiophene rings is 1. The number of aromatic nitrogens is 2. The third-order valence-corrected chi connectivity index (χ3v) is 5.04. The Morgan fingerprint density at radius 1 is 1.19 bits per heavy atom. The monoisotopic (exact) mass is 383 g/mol. The largest absolute Gasteiger partial charge is 0.371 e. The molecule has 1 unspecified atom stereocenters. The third kappa shape index (κ3) is 3.85. The molecule has 1 aromatic carbocycles. The maximum absolute atomic E-state index is 12.5. The molecular formula is C19H21N5O2S. The second kappa shape index (κ2) is 7.63. The Morgan fingerprint density at radius 3 is 2.56 bits per heavy atom. The van der Waals surface area contributed by atoms with Crippen LogP contribution in [0.3, 0.4) is 0 Å². The van der Waals surface area contributed by atoms with Crippen LogP contribution in [-0.2, 0) is 4.79 Å². The number of hydrogen-bond acceptors (Lipinski definition) is 5. The Bertz CT molecular complexity index is 977. The molecule has 2 aromatic heterocycles. The Kier molecular flexibility index (Phi) is 5.27. The van der Waals surface area contributed by atoms with Gasteiger partial charge in [-0.05, 0) is 44.4 Å². The van der Waals surface area contributed by atoms with Crippen LogP contribution in [0, 0.1) is 13.8 Å². The molecule has 3 rings (SSSR count). The van der Waals surface area contributed by atoms with Gasteiger partial charge in [-0.15, -0.1) is 11.3 Å². The summed E-state index contributed by atoms with van der Waals surface area (Å²) in [4.78, 5) is 23.9. The predicted octanol–water partition coefficient (Wildman–Crippen LogP) is 3.09. The van der Waals surface area contributed by atoms with Crippen LogP contribution in [0.4, 0.5) is 10.7 Å². The molecule has 0 saturated carbocycles. The summed E-state index contributed by atoms with van der Waals surface area (Å²) < 4.78 is 1.84. The number of amides is 2. The molecule has 1 atom stereocenters. The Morgan fingerprint density at radius 2 is 1.89 bits per heavy atom. The van der Waals surface area contributed by atoms with Gasteiger partial charge < -0.3 is 16.4 Å². The van der Waals surface area contributed by atoms with Gasteiger partial charge in [-0.25, -0.2) is 4.68 Å². The number of aryl methyl sites for hydroxylation is 1. The van der Waals surface area contributed by atoms with Gasteiger partial charge in [-0.3, -0.25) is 9.59 Å². The minimum atomic E-state index is -0.567. The molecule has 7 nitrogen and oxygen atoms in total. The van der Waals surface area contributed by atoms with Gasteiger partial charge in [0.1, 0.15) is 11.0 Å². The molecule has 0 aliphatic heterocycles. The maximum atomic E-state index is 12.5. The molecule has 0 aliphatic carbocycles. The number of hydrogen-bond donors (Lipinski definition) is 3. The molecule has 8 heteroatoms. The van der Waals surface area contributed by atoms with E-state index in [1.807, 2.05) is 48.9 Å². The van der Waals surface area contributed by atoms with E-state index in [0.29, 0.717) is 10.6 Å². The first-order valence-electron chi connectivity index (χ1n) is 8.44. The second-order valence-electron chi connectivity index (χ2n) is 6.18. The van der Waals surface area contributed by atoms with Crippen molar-refractivity contribution in [2.24, 2.45) is 5.73 Å². The van der Waals surface area contributed by atoms with Crippen molar-refractivity contribution < 1.29 is 9.59 Å². The number of carbonyl (C=O) groups excluding carboxylic acids is 2. The molecular weight excluding hydrogens is 362 g/mol. The fraction of sp³-hybridized carbons (Fsp3) is 0.211. The molecule has 0 aliphatic rings. The molecule has 0 radical (unpaired) electrons. The molecule has 2 amide bonds. The van der Waals surface area contributed by atoms with E-state index < -0.39 is 11.9 Å². The number of nitrogens with two attached hydrogens (primary N) is 1. The molecule has 27 heavy (non-hydrogen) atoms. The Labute approximate surface area is 161 Å². The van der Waals surface area contributed by atoms with Gasteiger partial charge in [0.2, 0.25) is 5.91 Å². The minimum absolute atomic E-state index is 0.258. The third-order valence-electron chi connectivity index (χ3n) is 4.21. The van der Waals surface area contributed by atoms with Gasteiger partial charge in [0.05, 0.1) is 28.3 Å². The van der Waals surface area contributed by atoms with E-state index in [2.05, 4.69) is 15.7 Å². The smallest absolute Gasteiger partial charge is 0.251 e. The highest BCUT2D eigenvalue weighted by Crippen LogP contribution is 2.25. The van der Waals surface area contributed by atoms with Crippen molar-refractivity contribution in [1.82, 2.24) is 9.78 Å². The van der Waals surface area contributed by atoms with Crippen molar-refractivity contribution in [2.75, 3.05) is 10.6 Å². The van der Waals surface area contributed by atoms with Crippen LogP contribution in [-0.4, -0.2) is 27.6 Å². The zero-order valence-electron chi connectivity index (χ0n) is 15.3. The Hall–Kier alpha value is -3.13. The van der Waals surface area contributed by atoms with Crippen LogP contribution in [0.5, 0.6) is 0 Å². The number of benzene rings is 1. The highest BCUT2D eigenvalue weighted by atomic mass is 32.1. The normalized spacial score (nSPS) is 11.8. The topological polar surface area (TPSA) is 102 Å². The number of nitrogens with zero attached hydrogens (tertiary/aromatic N) is 2. The van der Waals surface area contributed by atoms with Crippen LogP contribution in [0.2, 0.25) is 0 Å². The summed E-state index contributed by atoms with van der Waals surface area (Å²) in [6.07, 6.45) is 0. The lowest BCUT2D eigenvalue weighted by Gasteiger charge is -2.15. The second-order valence-corrected chi connectivity index (χ2v) is 7.09. The highest BCUT2D eigenvalue weighted by Gasteiger charge is 2.20. The van der Waals surface area contributed by atoms with E-state index in [-0.39, 0.29) is 5.91 Å². The van der Waals surface area contributed by atoms with Gasteiger partial charge in [0.15, 0.2) is 0 Å². The zero-order chi connectivity index (χ0) is 19.6. The van der Waals surface area contributed by atoms with E-state index in [0.717, 1.165) is 22.8 Å². The molecule has 0 fully saturated rings. The number of primary amides is 1. The lowest BCUT2D eigenvalue weighted by Crippen LogP contribution is -2.32. The van der Waals surface area contributed by atoms with Crippen LogP contribution in [0.25, 0.3) is 5.69 Å². The standard InChI is InChI=1S/C19H21N5O2S/c1-11-16(13(3)24(23-11)14-7-5-4-6-8-14)21-12(2)18(26)22-19-15(17(20)25)9-10-27-19/h4-10,12,21H,1-3H3,(H2,20,25)(H,22,26). The molecule has 140 valence electrons. The van der Waals surface area contributed by atoms with Crippen molar-refractivity contribution in [3.8, 4) is 5.69 Å². The molecule has 0 saturated heterocycles. The van der Waals surface area contributed by atoms with Gasteiger partial charge >= 0.3 is 0 Å². The van der Waals surface area contributed by atoms with E-state index in [1.54, 1.807) is 18.4 Å². The molecule has 3 aromatic rings. The number of para-hydroxylation sites is 1. The molecule has 0 bridgehead atoms. The SMILES string of the molecule is Cc1nn(-c2ccccc2)c(C)c1NC(C)C(=O)Nc1sccc1C(N)=O. The first-order valence-corrected chi connectivity index (χ1v) is 9.32. The van der Waals surface area contributed by atoms with Crippen LogP contribution < -0.4 is 16.4 Å². The average molecular weight is 383 g/mol. The number of nitrogens with one attached hydrogen (secondary N) is 2. The summed E-state index contributed by atoms with van der Waals surface area (Å²) in [5, 5.41) is 12.7. The van der Waals surface area contributed by atoms with Crippen molar-refractivity contribution in [3.05, 3.63) is 58.7 Å². The zero-order valence-corrected chi connectivity index (χ0v) is 16.1. The van der Waals surface area contributed by atoms with Crippen molar-refractivity contribution in [2.45, 2.75) is 26.8 Å². The van der Waals surface area contributed by atoms with E-state index in [4.69, 9.17) is 5.73 Å². The van der Waals surface area contributed by atoms with Gasteiger partial charge in [0, 0.05) is 0 Å². The van der Waals surface area contributed by atoms with Gasteiger partial charge in [-0.1, -0.05) is 18.2 Å². The van der Waals surface area contributed by atoms with Crippen molar-refractivity contribution in [3.63, 3.8) is 0 Å². The van der Waals surface area contributed by atoms with Crippen molar-refractivity contribution in [1.29, 1.82) is 0 Å². The maximum Gasteiger partial charge on any atom is 0.251 e. The highest BCUT2D eigenvalue weighted by molar-refractivity contribution is 7.14. The minimum Gasteiger partial charge on any atom is -0.371 e. The van der Waals surface area contributed by atoms with E-state index in [9.17, 15) is 9.59 Å². The summed E-state index contributed by atoms with van der Waals surface area (Å²) in [6.45, 7) is 5.60. The summed E-state index contributed by atoms with van der Waals surface area (Å²) in [7, 11) is 0. The quantitative estimate of drug-likeness (QED) is 0.609. The Balaban J connectivity index is 1.77. The fourth-order valence-electron chi connectivity index (χ4n) is 2.77. The van der Waals surface area contributed by atoms with Crippen molar-refractivity contribution >= 4 is 33.8 Å². The lowest BCUT2D eigenvalue weighted by molar-refractivity contribution is -0.116. The van der Waals surface area contributed by atoms with E-state index in [1.165, 1.54) is 11.3 Å². The first-order chi connectivity index (χ1) is 12.9. The van der Waals surface area contributed by atoms with E-state index >= 15 is 0 Å². The molecule has 2 heterocycles. The van der Waals surface area contributed by atoms with Crippen LogP contribution in [0.15, 0.2) is 41.8 Å². The summed E-state index contributed by atoms with van der Waals surface area (Å²) >= 11 is 1.26. The van der Waals surface area contributed by atoms with Crippen LogP contribution in [0.1, 0.15) is 28.7 Å². The number of carbonyl (C=O) groups is 2. The predicted molar refractivity (Wildman–Crippen MR) is 108 cm³/mol. The van der Waals surface area contributed by atoms with Crippen LogP contribution >= 0.6 is 11.3 Å². The van der Waals surface area contributed by atoms with Gasteiger partial charge in [-0.2, -0.15) is 5.10 Å². The number of anilines is 2. The fourth-order valence-corrected chi connectivity index (χ4v) is 3.57. The van der Waals surface area contributed by atoms with Gasteiger partial charge in [0.25, 0.3) is 5.91 Å². The summed E-state index contributed by atoms with van der Waals surface area (Å²) in [6, 6.07) is 10.9.